The molecule has 102 valence electrons. The molecule has 1 aromatic carbocycles. The Kier molecular flexibility index (Phi) is 2.84. The molecule has 5 nitrogen and oxygen atoms in total. The summed E-state index contributed by atoms with van der Waals surface area (Å²) in [6.45, 7) is 4.68. The predicted octanol–water partition coefficient (Wildman–Crippen LogP) is 3.19. The molecule has 1 heterocycles. The molecule has 1 saturated carbocycles. The number of anilines is 2. The number of benzene rings is 1. The summed E-state index contributed by atoms with van der Waals surface area (Å²) in [7, 11) is 0. The van der Waals surface area contributed by atoms with Crippen LogP contribution in [0.2, 0.25) is 0 Å². The lowest BCUT2D eigenvalue weighted by Gasteiger charge is -2.35. The summed E-state index contributed by atoms with van der Waals surface area (Å²) in [5.41, 5.74) is 9.26. The van der Waals surface area contributed by atoms with Crippen molar-refractivity contribution in [3.8, 4) is 0 Å². The van der Waals surface area contributed by atoms with Gasteiger partial charge in [-0.3, -0.25) is 0 Å². The third-order valence-electron chi connectivity index (χ3n) is 4.15. The molecule has 0 radical (unpaired) electrons. The van der Waals surface area contributed by atoms with E-state index < -0.39 is 0 Å². The van der Waals surface area contributed by atoms with E-state index in [-0.39, 0.29) is 0 Å². The van der Waals surface area contributed by atoms with Crippen molar-refractivity contribution >= 4 is 22.4 Å². The summed E-state index contributed by atoms with van der Waals surface area (Å²) in [5, 5.41) is 11.3. The van der Waals surface area contributed by atoms with E-state index in [0.717, 1.165) is 11.2 Å². The van der Waals surface area contributed by atoms with Gasteiger partial charge in [0.1, 0.15) is 0 Å². The van der Waals surface area contributed by atoms with Gasteiger partial charge in [-0.05, 0) is 53.5 Å². The van der Waals surface area contributed by atoms with Crippen LogP contribution in [-0.2, 0) is 0 Å². The van der Waals surface area contributed by atoms with Crippen molar-refractivity contribution in [1.29, 1.82) is 0 Å². The molecule has 0 spiro atoms. The standard InChI is InChI=1S/C14H20N4O/c1-14(2)7-5-9(6-8-14)16-11-4-3-10(15)12-13(11)18-19-17-12/h3-4,9,16H,5-8,15H2,1-2H3. The molecule has 0 aliphatic heterocycles. The summed E-state index contributed by atoms with van der Waals surface area (Å²) >= 11 is 0. The number of nitrogens with two attached hydrogens (primary N) is 1. The Bertz CT molecular complexity index is 580. The first kappa shape index (κ1) is 12.3. The van der Waals surface area contributed by atoms with Gasteiger partial charge in [0.05, 0.1) is 11.4 Å². The molecule has 1 aliphatic rings. The fourth-order valence-electron chi connectivity index (χ4n) is 2.77. The minimum atomic E-state index is 0.476. The summed E-state index contributed by atoms with van der Waals surface area (Å²) in [6.07, 6.45) is 4.87. The third-order valence-corrected chi connectivity index (χ3v) is 4.15. The Morgan fingerprint density at radius 3 is 2.63 bits per heavy atom. The molecule has 1 aliphatic carbocycles. The largest absolute Gasteiger partial charge is 0.397 e. The summed E-state index contributed by atoms with van der Waals surface area (Å²) in [6, 6.07) is 4.31. The highest BCUT2D eigenvalue weighted by Crippen LogP contribution is 2.37. The van der Waals surface area contributed by atoms with Crippen molar-refractivity contribution in [3.05, 3.63) is 12.1 Å². The van der Waals surface area contributed by atoms with Crippen molar-refractivity contribution in [2.45, 2.75) is 45.6 Å². The van der Waals surface area contributed by atoms with Crippen LogP contribution in [0, 0.1) is 5.41 Å². The first-order valence-electron chi connectivity index (χ1n) is 6.82. The van der Waals surface area contributed by atoms with Crippen molar-refractivity contribution in [3.63, 3.8) is 0 Å². The topological polar surface area (TPSA) is 77.0 Å². The Balaban J connectivity index is 1.79. The minimum absolute atomic E-state index is 0.476. The van der Waals surface area contributed by atoms with Crippen LogP contribution in [0.5, 0.6) is 0 Å². The van der Waals surface area contributed by atoms with Crippen molar-refractivity contribution in [2.24, 2.45) is 5.41 Å². The van der Waals surface area contributed by atoms with Gasteiger partial charge in [-0.1, -0.05) is 13.8 Å². The van der Waals surface area contributed by atoms with Gasteiger partial charge >= 0.3 is 0 Å². The first-order valence-corrected chi connectivity index (χ1v) is 6.82. The molecule has 1 aromatic heterocycles. The van der Waals surface area contributed by atoms with Gasteiger partial charge in [0.15, 0.2) is 11.0 Å². The predicted molar refractivity (Wildman–Crippen MR) is 75.9 cm³/mol. The lowest BCUT2D eigenvalue weighted by molar-refractivity contribution is 0.232. The highest BCUT2D eigenvalue weighted by Gasteiger charge is 2.27. The van der Waals surface area contributed by atoms with E-state index in [1.165, 1.54) is 25.7 Å². The fourth-order valence-corrected chi connectivity index (χ4v) is 2.77. The normalized spacial score (nSPS) is 19.7. The molecule has 0 atom stereocenters. The Labute approximate surface area is 112 Å². The van der Waals surface area contributed by atoms with Crippen molar-refractivity contribution < 1.29 is 4.63 Å². The second-order valence-electron chi connectivity index (χ2n) is 6.25. The van der Waals surface area contributed by atoms with Crippen molar-refractivity contribution in [2.75, 3.05) is 11.1 Å². The molecule has 0 bridgehead atoms. The van der Waals surface area contributed by atoms with Gasteiger partial charge in [0, 0.05) is 6.04 Å². The molecule has 5 heteroatoms. The monoisotopic (exact) mass is 260 g/mol. The number of hydrogen-bond acceptors (Lipinski definition) is 5. The fraction of sp³-hybridized carbons (Fsp3) is 0.571. The summed E-state index contributed by atoms with van der Waals surface area (Å²) in [4.78, 5) is 0. The number of nitrogen functional groups attached to an aromatic ring is 1. The van der Waals surface area contributed by atoms with Crippen LogP contribution >= 0.6 is 0 Å². The van der Waals surface area contributed by atoms with Crippen LogP contribution in [0.3, 0.4) is 0 Å². The van der Waals surface area contributed by atoms with E-state index in [2.05, 4.69) is 29.5 Å². The van der Waals surface area contributed by atoms with Gasteiger partial charge in [-0.25, -0.2) is 4.63 Å². The highest BCUT2D eigenvalue weighted by molar-refractivity contribution is 5.95. The van der Waals surface area contributed by atoms with Crippen LogP contribution < -0.4 is 11.1 Å². The van der Waals surface area contributed by atoms with E-state index >= 15 is 0 Å². The van der Waals surface area contributed by atoms with E-state index in [1.54, 1.807) is 0 Å². The first-order chi connectivity index (χ1) is 9.05. The van der Waals surface area contributed by atoms with Gasteiger partial charge < -0.3 is 11.1 Å². The SMILES string of the molecule is CC1(C)CCC(Nc2ccc(N)c3nonc23)CC1. The van der Waals surface area contributed by atoms with E-state index in [1.807, 2.05) is 12.1 Å². The Morgan fingerprint density at radius 2 is 1.89 bits per heavy atom. The lowest BCUT2D eigenvalue weighted by Crippen LogP contribution is -2.29. The minimum Gasteiger partial charge on any atom is -0.397 e. The van der Waals surface area contributed by atoms with Crippen LogP contribution in [0.4, 0.5) is 11.4 Å². The lowest BCUT2D eigenvalue weighted by atomic mass is 9.75. The van der Waals surface area contributed by atoms with Gasteiger partial charge in [-0.15, -0.1) is 0 Å². The number of nitrogens with zero attached hydrogens (tertiary/aromatic N) is 2. The molecule has 19 heavy (non-hydrogen) atoms. The molecule has 3 N–H and O–H groups in total. The molecular formula is C14H20N4O. The average Bonchev–Trinajstić information content (AvgIpc) is 2.85. The molecule has 0 saturated heterocycles. The zero-order valence-electron chi connectivity index (χ0n) is 11.4. The molecule has 0 amide bonds. The van der Waals surface area contributed by atoms with Crippen LogP contribution in [-0.4, -0.2) is 16.4 Å². The quantitative estimate of drug-likeness (QED) is 0.811. The van der Waals surface area contributed by atoms with E-state index in [9.17, 15) is 0 Å². The second-order valence-corrected chi connectivity index (χ2v) is 6.25. The molecule has 1 fully saturated rings. The van der Waals surface area contributed by atoms with Gasteiger partial charge in [0.2, 0.25) is 0 Å². The summed E-state index contributed by atoms with van der Waals surface area (Å²) < 4.78 is 4.79. The van der Waals surface area contributed by atoms with Gasteiger partial charge in [0.25, 0.3) is 0 Å². The van der Waals surface area contributed by atoms with Crippen LogP contribution in [0.1, 0.15) is 39.5 Å². The zero-order chi connectivity index (χ0) is 13.5. The Hall–Kier alpha value is -1.78. The number of hydrogen-bond donors (Lipinski definition) is 2. The molecular weight excluding hydrogens is 240 g/mol. The number of aromatic nitrogens is 2. The number of fused-ring (bicyclic) bond motifs is 1. The van der Waals surface area contributed by atoms with E-state index in [0.29, 0.717) is 22.7 Å². The molecule has 0 unspecified atom stereocenters. The maximum Gasteiger partial charge on any atom is 0.160 e. The second kappa shape index (κ2) is 4.40. The number of nitrogens with one attached hydrogen (secondary N) is 1. The summed E-state index contributed by atoms with van der Waals surface area (Å²) in [5.74, 6) is 0. The maximum absolute atomic E-state index is 5.85. The van der Waals surface area contributed by atoms with E-state index in [4.69, 9.17) is 10.4 Å². The number of rotatable bonds is 2. The van der Waals surface area contributed by atoms with Crippen molar-refractivity contribution in [1.82, 2.24) is 10.3 Å². The zero-order valence-corrected chi connectivity index (χ0v) is 11.4. The average molecular weight is 260 g/mol. The molecule has 2 aromatic rings. The smallest absolute Gasteiger partial charge is 0.160 e. The highest BCUT2D eigenvalue weighted by atomic mass is 16.6. The Morgan fingerprint density at radius 1 is 1.21 bits per heavy atom. The maximum atomic E-state index is 5.85. The molecule has 3 rings (SSSR count). The van der Waals surface area contributed by atoms with Crippen LogP contribution in [0.15, 0.2) is 16.8 Å². The third kappa shape index (κ3) is 2.37. The van der Waals surface area contributed by atoms with Crippen LogP contribution in [0.25, 0.3) is 11.0 Å². The van der Waals surface area contributed by atoms with Gasteiger partial charge in [-0.2, -0.15) is 0 Å².